The zero-order chi connectivity index (χ0) is 9.97. The van der Waals surface area contributed by atoms with Crippen LogP contribution < -0.4 is 4.57 Å². The summed E-state index contributed by atoms with van der Waals surface area (Å²) in [6.45, 7) is 1.59. The predicted octanol–water partition coefficient (Wildman–Crippen LogP) is 2.23. The summed E-state index contributed by atoms with van der Waals surface area (Å²) in [5.41, 5.74) is 0.784. The number of ketones is 1. The average molecular weight is 204 g/mol. The summed E-state index contributed by atoms with van der Waals surface area (Å²) in [7, 11) is 0. The Morgan fingerprint density at radius 3 is 2.64 bits per heavy atom. The number of carbonyl (C=O) groups is 1. The van der Waals surface area contributed by atoms with Gasteiger partial charge < -0.3 is 0 Å². The SMILES string of the molecule is CC(=O)c1ccsc1-[n+]1ccccc1. The maximum Gasteiger partial charge on any atom is 0.277 e. The van der Waals surface area contributed by atoms with Crippen LogP contribution in [0.4, 0.5) is 0 Å². The van der Waals surface area contributed by atoms with E-state index in [1.54, 1.807) is 18.3 Å². The minimum absolute atomic E-state index is 0.109. The van der Waals surface area contributed by atoms with Crippen molar-refractivity contribution in [3.63, 3.8) is 0 Å². The number of aromatic nitrogens is 1. The first-order chi connectivity index (χ1) is 6.79. The predicted molar refractivity (Wildman–Crippen MR) is 55.9 cm³/mol. The molecule has 0 saturated heterocycles. The molecule has 0 atom stereocenters. The summed E-state index contributed by atoms with van der Waals surface area (Å²) in [5, 5.41) is 2.92. The standard InChI is InChI=1S/C11H10NOS/c1-9(13)10-5-8-14-11(10)12-6-3-2-4-7-12/h2-8H,1H3/q+1. The van der Waals surface area contributed by atoms with Gasteiger partial charge in [0.15, 0.2) is 18.2 Å². The minimum atomic E-state index is 0.109. The monoisotopic (exact) mass is 204 g/mol. The summed E-state index contributed by atoms with van der Waals surface area (Å²) >= 11 is 1.57. The lowest BCUT2D eigenvalue weighted by atomic mass is 10.2. The molecule has 2 aromatic heterocycles. The Kier molecular flexibility index (Phi) is 2.41. The summed E-state index contributed by atoms with van der Waals surface area (Å²) in [4.78, 5) is 11.3. The Morgan fingerprint density at radius 1 is 1.29 bits per heavy atom. The highest BCUT2D eigenvalue weighted by molar-refractivity contribution is 7.12. The number of rotatable bonds is 2. The Bertz CT molecular complexity index is 447. The zero-order valence-electron chi connectivity index (χ0n) is 7.81. The molecule has 0 aliphatic rings. The van der Waals surface area contributed by atoms with E-state index in [0.29, 0.717) is 0 Å². The molecule has 14 heavy (non-hydrogen) atoms. The summed E-state index contributed by atoms with van der Waals surface area (Å²) in [6, 6.07) is 7.72. The molecule has 2 nitrogen and oxygen atoms in total. The van der Waals surface area contributed by atoms with E-state index in [1.165, 1.54) is 0 Å². The smallest absolute Gasteiger partial charge is 0.277 e. The molecule has 70 valence electrons. The molecule has 0 aliphatic carbocycles. The van der Waals surface area contributed by atoms with E-state index in [4.69, 9.17) is 0 Å². The Balaban J connectivity index is 2.52. The zero-order valence-corrected chi connectivity index (χ0v) is 8.62. The fourth-order valence-electron chi connectivity index (χ4n) is 1.30. The van der Waals surface area contributed by atoms with Gasteiger partial charge in [0.25, 0.3) is 5.00 Å². The maximum absolute atomic E-state index is 11.3. The lowest BCUT2D eigenvalue weighted by molar-refractivity contribution is -0.591. The van der Waals surface area contributed by atoms with Crippen LogP contribution in [0, 0.1) is 0 Å². The van der Waals surface area contributed by atoms with Crippen molar-refractivity contribution in [1.82, 2.24) is 0 Å². The molecule has 0 spiro atoms. The summed E-state index contributed by atoms with van der Waals surface area (Å²) in [5.74, 6) is 0.109. The first kappa shape index (κ1) is 9.09. The number of thiophene rings is 1. The van der Waals surface area contributed by atoms with Gasteiger partial charge in [-0.1, -0.05) is 17.4 Å². The molecule has 0 unspecified atom stereocenters. The molecule has 0 aromatic carbocycles. The van der Waals surface area contributed by atoms with Crippen LogP contribution in [0.3, 0.4) is 0 Å². The molecule has 0 aliphatic heterocycles. The van der Waals surface area contributed by atoms with E-state index in [9.17, 15) is 4.79 Å². The molecular formula is C11H10NOS+. The minimum Gasteiger partial charge on any atom is -0.294 e. The fourth-order valence-corrected chi connectivity index (χ4v) is 2.22. The Morgan fingerprint density at radius 2 is 2.00 bits per heavy atom. The maximum atomic E-state index is 11.3. The van der Waals surface area contributed by atoms with Crippen LogP contribution in [-0.4, -0.2) is 5.78 Å². The third-order valence-electron chi connectivity index (χ3n) is 1.97. The van der Waals surface area contributed by atoms with E-state index in [0.717, 1.165) is 10.6 Å². The van der Waals surface area contributed by atoms with Crippen LogP contribution in [-0.2, 0) is 0 Å². The van der Waals surface area contributed by atoms with E-state index in [1.807, 2.05) is 46.6 Å². The van der Waals surface area contributed by atoms with Gasteiger partial charge in [0.2, 0.25) is 0 Å². The largest absolute Gasteiger partial charge is 0.294 e. The van der Waals surface area contributed by atoms with Crippen molar-refractivity contribution in [1.29, 1.82) is 0 Å². The molecule has 2 aromatic rings. The number of carbonyl (C=O) groups excluding carboxylic acids is 1. The van der Waals surface area contributed by atoms with Crippen LogP contribution in [0.2, 0.25) is 0 Å². The van der Waals surface area contributed by atoms with E-state index in [-0.39, 0.29) is 5.78 Å². The van der Waals surface area contributed by atoms with Crippen molar-refractivity contribution in [2.45, 2.75) is 6.92 Å². The number of nitrogens with zero attached hydrogens (tertiary/aromatic N) is 1. The molecule has 0 saturated carbocycles. The van der Waals surface area contributed by atoms with E-state index >= 15 is 0 Å². The van der Waals surface area contributed by atoms with Crippen LogP contribution in [0.25, 0.3) is 5.00 Å². The lowest BCUT2D eigenvalue weighted by Crippen LogP contribution is -2.29. The van der Waals surface area contributed by atoms with Gasteiger partial charge >= 0.3 is 0 Å². The average Bonchev–Trinajstić information content (AvgIpc) is 2.67. The highest BCUT2D eigenvalue weighted by atomic mass is 32.1. The molecule has 2 heterocycles. The fraction of sp³-hybridized carbons (Fsp3) is 0.0909. The van der Waals surface area contributed by atoms with Gasteiger partial charge in [-0.05, 0) is 18.4 Å². The third kappa shape index (κ3) is 1.59. The molecule has 3 heteroatoms. The second-order valence-electron chi connectivity index (χ2n) is 2.98. The van der Waals surface area contributed by atoms with Crippen molar-refractivity contribution in [2.24, 2.45) is 0 Å². The highest BCUT2D eigenvalue weighted by Gasteiger charge is 2.16. The lowest BCUT2D eigenvalue weighted by Gasteiger charge is -1.93. The van der Waals surface area contributed by atoms with Gasteiger partial charge in [-0.25, -0.2) is 0 Å². The normalized spacial score (nSPS) is 10.1. The van der Waals surface area contributed by atoms with Crippen LogP contribution in [0.5, 0.6) is 0 Å². The first-order valence-electron chi connectivity index (χ1n) is 4.34. The molecule has 0 bridgehead atoms. The first-order valence-corrected chi connectivity index (χ1v) is 5.22. The van der Waals surface area contributed by atoms with E-state index < -0.39 is 0 Å². The van der Waals surface area contributed by atoms with Crippen molar-refractivity contribution in [2.75, 3.05) is 0 Å². The number of Topliss-reactive ketones (excluding diaryl/α,β-unsaturated/α-hetero) is 1. The van der Waals surface area contributed by atoms with Gasteiger partial charge in [0, 0.05) is 12.1 Å². The second-order valence-corrected chi connectivity index (χ2v) is 3.87. The third-order valence-corrected chi connectivity index (χ3v) is 2.90. The molecule has 0 N–H and O–H groups in total. The Hall–Kier alpha value is -1.48. The molecule has 2 rings (SSSR count). The van der Waals surface area contributed by atoms with Crippen molar-refractivity contribution < 1.29 is 9.36 Å². The second kappa shape index (κ2) is 3.72. The summed E-state index contributed by atoms with van der Waals surface area (Å²) in [6.07, 6.45) is 3.89. The quantitative estimate of drug-likeness (QED) is 0.543. The van der Waals surface area contributed by atoms with Crippen LogP contribution in [0.1, 0.15) is 17.3 Å². The van der Waals surface area contributed by atoms with Crippen LogP contribution >= 0.6 is 11.3 Å². The number of hydrogen-bond acceptors (Lipinski definition) is 2. The van der Waals surface area contributed by atoms with Crippen molar-refractivity contribution in [3.8, 4) is 5.00 Å². The number of pyridine rings is 1. The highest BCUT2D eigenvalue weighted by Crippen LogP contribution is 2.16. The van der Waals surface area contributed by atoms with Gasteiger partial charge in [-0.3, -0.25) is 4.79 Å². The van der Waals surface area contributed by atoms with E-state index in [2.05, 4.69) is 0 Å². The molecule has 0 radical (unpaired) electrons. The van der Waals surface area contributed by atoms with Crippen LogP contribution in [0.15, 0.2) is 42.0 Å². The van der Waals surface area contributed by atoms with Crippen molar-refractivity contribution in [3.05, 3.63) is 47.6 Å². The topological polar surface area (TPSA) is 20.9 Å². The molecule has 0 amide bonds. The van der Waals surface area contributed by atoms with Gasteiger partial charge in [0.05, 0.1) is 0 Å². The molecule has 0 fully saturated rings. The van der Waals surface area contributed by atoms with Crippen molar-refractivity contribution >= 4 is 17.1 Å². The van der Waals surface area contributed by atoms with Gasteiger partial charge in [-0.15, -0.1) is 0 Å². The number of hydrogen-bond donors (Lipinski definition) is 0. The summed E-state index contributed by atoms with van der Waals surface area (Å²) < 4.78 is 1.96. The Labute approximate surface area is 86.4 Å². The van der Waals surface area contributed by atoms with Gasteiger partial charge in [-0.2, -0.15) is 4.57 Å². The molecular weight excluding hydrogens is 194 g/mol. The van der Waals surface area contributed by atoms with Gasteiger partial charge in [0.1, 0.15) is 5.56 Å².